The van der Waals surface area contributed by atoms with Gasteiger partial charge in [0.15, 0.2) is 0 Å². The van der Waals surface area contributed by atoms with Crippen molar-refractivity contribution in [2.75, 3.05) is 33.0 Å². The van der Waals surface area contributed by atoms with E-state index in [2.05, 4.69) is 266 Å². The van der Waals surface area contributed by atoms with Crippen LogP contribution in [-0.4, -0.2) is 165 Å². The van der Waals surface area contributed by atoms with Gasteiger partial charge < -0.3 is 70.4 Å². The van der Waals surface area contributed by atoms with Gasteiger partial charge in [-0.05, 0) is 433 Å². The summed E-state index contributed by atoms with van der Waals surface area (Å²) in [4.78, 5) is 87.8. The largest absolute Gasteiger partial charge is 0.465 e. The maximum Gasteiger partial charge on any atom is 0.311 e. The van der Waals surface area contributed by atoms with Crippen LogP contribution in [0.4, 0.5) is 0 Å². The van der Waals surface area contributed by atoms with Crippen molar-refractivity contribution < 1.29 is 66.7 Å². The summed E-state index contributed by atoms with van der Waals surface area (Å²) in [5, 5.41) is 24.9. The third kappa shape index (κ3) is 42.6. The Morgan fingerprint density at radius 2 is 0.360 bits per heavy atom. The first-order valence-electron chi connectivity index (χ1n) is 62.6. The summed E-state index contributed by atoms with van der Waals surface area (Å²) in [6.45, 7) is 74.0. The van der Waals surface area contributed by atoms with E-state index in [0.717, 1.165) is 163 Å². The van der Waals surface area contributed by atoms with Crippen LogP contribution in [0.2, 0.25) is 0 Å². The van der Waals surface area contributed by atoms with Gasteiger partial charge in [-0.3, -0.25) is 33.6 Å². The summed E-state index contributed by atoms with van der Waals surface area (Å²) in [5.74, 6) is 8.25. The summed E-state index contributed by atoms with van der Waals surface area (Å²) < 4.78 is 40.0. The molecule has 872 valence electrons. The van der Waals surface area contributed by atoms with E-state index in [1.165, 1.54) is 212 Å². The lowest BCUT2D eigenvalue weighted by molar-refractivity contribution is -0.158. The van der Waals surface area contributed by atoms with Crippen LogP contribution in [0, 0.1) is 101 Å². The van der Waals surface area contributed by atoms with Gasteiger partial charge in [0, 0.05) is 77.5 Å². The van der Waals surface area contributed by atoms with Crippen molar-refractivity contribution >= 4 is 41.8 Å². The molecule has 150 heavy (non-hydrogen) atoms. The van der Waals surface area contributed by atoms with Crippen LogP contribution in [0.5, 0.6) is 0 Å². The standard InChI is InChI=1S/C26H48N2O4.C25H45NO2.C24H43NO2.C19H35NO2.C18H33NO2.C17H33NO2/c1-23(2)17-19(25(5,6)27-23)21(29)31-15-13-11-9-10-12-14-16-32-22(30)20-18-24(3,4)28-26(20,7)8;1-6-7-18-8-12-20(13-9-18)21-14-10-19(11-15-21)17-28-23(27)22-16-24(2,3)26-25(22,4)5;1-6-7-17-8-10-18(11-9-17)19-12-14-20(15-13-19)27-22(26)21-16-23(2,3)25-24(21,4)5;1-6-7-14-8-10-15(11-9-14)13-22-17(21)16-12-18(2,3)20-19(16,4)5;1-6-7-13-8-10-14(11-9-13)21-16(20)15-12-17(2,3)19-18(15,4)5;1-6-7-8-9-10-11-12-20-15(19)14-13-16(2,3)18-17(14,4)5/h19-20,27-28H,9-18H2,1-8H3;18-22,26H,6-17H2,1-5H3;17-21,25H,6-16H2,1-5H3;14-16,20H,6-13H2,1-5H3;13-15,19H,6-12H2,1-5H3;14,18H,6-13H2,1-5H3. The van der Waals surface area contributed by atoms with Crippen molar-refractivity contribution in [2.24, 2.45) is 101 Å². The van der Waals surface area contributed by atoms with Crippen LogP contribution < -0.4 is 37.2 Å². The molecule has 21 nitrogen and oxygen atoms in total. The molecule has 0 aromatic heterocycles. The first-order valence-corrected chi connectivity index (χ1v) is 62.6. The zero-order valence-corrected chi connectivity index (χ0v) is 103. The monoisotopic (exact) mass is 2110 g/mol. The topological polar surface area (TPSA) is 268 Å². The zero-order valence-electron chi connectivity index (χ0n) is 103. The van der Waals surface area contributed by atoms with Gasteiger partial charge in [0.25, 0.3) is 0 Å². The van der Waals surface area contributed by atoms with Crippen molar-refractivity contribution in [3.63, 3.8) is 0 Å². The highest BCUT2D eigenvalue weighted by Crippen LogP contribution is 2.49. The third-order valence-corrected chi connectivity index (χ3v) is 38.2. The first-order chi connectivity index (χ1) is 69.8. The smallest absolute Gasteiger partial charge is 0.311 e. The number of hydrogen-bond acceptors (Lipinski definition) is 21. The Morgan fingerprint density at radius 3 is 0.567 bits per heavy atom. The maximum absolute atomic E-state index is 12.8. The molecule has 7 unspecified atom stereocenters. The number of rotatable bonds is 39. The van der Waals surface area contributed by atoms with Gasteiger partial charge in [-0.1, -0.05) is 182 Å². The second-order valence-corrected chi connectivity index (χ2v) is 59.5. The highest BCUT2D eigenvalue weighted by Gasteiger charge is 2.56. The molecule has 13 fully saturated rings. The van der Waals surface area contributed by atoms with E-state index < -0.39 is 0 Å². The van der Waals surface area contributed by atoms with Crippen molar-refractivity contribution in [1.82, 2.24) is 37.2 Å². The van der Waals surface area contributed by atoms with Crippen molar-refractivity contribution in [2.45, 2.75) is 646 Å². The number of esters is 7. The zero-order chi connectivity index (χ0) is 112. The summed E-state index contributed by atoms with van der Waals surface area (Å²) in [6, 6.07) is 0. The number of carbonyl (C=O) groups is 7. The molecule has 7 atom stereocenters. The van der Waals surface area contributed by atoms with Gasteiger partial charge in [0.05, 0.1) is 74.5 Å². The van der Waals surface area contributed by atoms with Gasteiger partial charge in [0.2, 0.25) is 0 Å². The molecule has 0 radical (unpaired) electrons. The fourth-order valence-corrected chi connectivity index (χ4v) is 31.0. The van der Waals surface area contributed by atoms with E-state index in [-0.39, 0.29) is 173 Å². The predicted molar refractivity (Wildman–Crippen MR) is 617 cm³/mol. The second kappa shape index (κ2) is 57.8. The van der Waals surface area contributed by atoms with Crippen molar-refractivity contribution in [3.05, 3.63) is 0 Å². The average molecular weight is 2110 g/mol. The lowest BCUT2D eigenvalue weighted by Gasteiger charge is -2.38. The SMILES string of the molecule is CC1(C)CC(C(=O)OCCCCCCCCOC(=O)C2CC(C)(C)NC2(C)C)C(C)(C)N1.CCCC1CCC(C2CCC(COC(=O)C3CC(C)(C)NC3(C)C)CC2)CC1.CCCC1CCC(C2CCC(OC(=O)C3CC(C)(C)NC3(C)C)CC2)CC1.CCCC1CCC(COC(=O)C2CC(C)(C)NC2(C)C)CC1.CCCC1CCC(OC(=O)C2CC(C)(C)NC2(C)C)CC1.CCCCCCCCOC(=O)C1CC(C)(C)NC1(C)C. The fourth-order valence-electron chi connectivity index (χ4n) is 31.0. The second-order valence-electron chi connectivity index (χ2n) is 59.5. The van der Waals surface area contributed by atoms with Gasteiger partial charge >= 0.3 is 41.8 Å². The third-order valence-electron chi connectivity index (χ3n) is 38.2. The van der Waals surface area contributed by atoms with Crippen molar-refractivity contribution in [3.8, 4) is 0 Å². The molecular weight excluding hydrogens is 1870 g/mol. The van der Waals surface area contributed by atoms with Gasteiger partial charge in [-0.15, -0.1) is 0 Å². The Balaban J connectivity index is 0.000000221. The van der Waals surface area contributed by atoms with Crippen LogP contribution in [0.25, 0.3) is 0 Å². The molecule has 7 N–H and O–H groups in total. The number of unbranched alkanes of at least 4 members (excludes halogenated alkanes) is 10. The normalized spacial score (nSPS) is 32.7. The van der Waals surface area contributed by atoms with Gasteiger partial charge in [-0.25, -0.2) is 0 Å². The quantitative estimate of drug-likeness (QED) is 0.0171. The molecule has 13 rings (SSSR count). The number of hydrogen-bond donors (Lipinski definition) is 7. The molecule has 6 saturated carbocycles. The molecule has 0 aromatic carbocycles. The lowest BCUT2D eigenvalue weighted by Crippen LogP contribution is -2.47. The van der Waals surface area contributed by atoms with Crippen LogP contribution in [0.1, 0.15) is 556 Å². The number of nitrogens with one attached hydrogen (secondary N) is 7. The molecule has 0 spiro atoms. The number of carbonyl (C=O) groups excluding carboxylic acids is 7. The van der Waals surface area contributed by atoms with E-state index in [4.69, 9.17) is 33.2 Å². The Bertz CT molecular complexity index is 3960. The first kappa shape index (κ1) is 131. The lowest BCUT2D eigenvalue weighted by atomic mass is 9.69. The van der Waals surface area contributed by atoms with Crippen LogP contribution in [0.3, 0.4) is 0 Å². The molecular formula is C129H237N7O14. The van der Waals surface area contributed by atoms with E-state index >= 15 is 0 Å². The average Bonchev–Trinajstić information content (AvgIpc) is 1.67. The fraction of sp³-hybridized carbons (Fsp3) is 0.946. The Kier molecular flexibility index (Phi) is 50.6. The van der Waals surface area contributed by atoms with Crippen LogP contribution >= 0.6 is 0 Å². The highest BCUT2D eigenvalue weighted by molar-refractivity contribution is 5.78. The van der Waals surface area contributed by atoms with Gasteiger partial charge in [-0.2, -0.15) is 0 Å². The summed E-state index contributed by atoms with van der Waals surface area (Å²) in [7, 11) is 0. The summed E-state index contributed by atoms with van der Waals surface area (Å²) in [5.41, 5.74) is -1.24. The molecule has 0 bridgehead atoms. The van der Waals surface area contributed by atoms with Crippen molar-refractivity contribution in [1.29, 1.82) is 0 Å². The number of ether oxygens (including phenoxy) is 7. The predicted octanol–water partition coefficient (Wildman–Crippen LogP) is 29.1. The summed E-state index contributed by atoms with van der Waals surface area (Å²) >= 11 is 0. The van der Waals surface area contributed by atoms with E-state index in [9.17, 15) is 33.6 Å². The van der Waals surface area contributed by atoms with E-state index in [1.807, 2.05) is 0 Å². The van der Waals surface area contributed by atoms with E-state index in [0.29, 0.717) is 44.9 Å². The molecule has 0 aromatic rings. The minimum absolute atomic E-state index is 0.00115. The van der Waals surface area contributed by atoms with E-state index in [1.54, 1.807) is 0 Å². The minimum atomic E-state index is -0.218. The molecule has 13 aliphatic rings. The Morgan fingerprint density at radius 1 is 0.193 bits per heavy atom. The highest BCUT2D eigenvalue weighted by atomic mass is 16.6. The molecule has 21 heteroatoms. The molecule has 7 aliphatic heterocycles. The molecule has 7 heterocycles. The van der Waals surface area contributed by atoms with Gasteiger partial charge in [0.1, 0.15) is 12.2 Å². The molecule has 6 aliphatic carbocycles. The summed E-state index contributed by atoms with van der Waals surface area (Å²) in [6.07, 6.45) is 61.8. The molecule has 0 amide bonds. The Labute approximate surface area is 919 Å². The van der Waals surface area contributed by atoms with Crippen LogP contribution in [-0.2, 0) is 66.7 Å². The Hall–Kier alpha value is -3.99. The maximum atomic E-state index is 12.8. The minimum Gasteiger partial charge on any atom is -0.465 e. The van der Waals surface area contributed by atoms with Crippen LogP contribution in [0.15, 0.2) is 0 Å². The molecule has 7 saturated heterocycles.